The van der Waals surface area contributed by atoms with Crippen LogP contribution in [0.25, 0.3) is 0 Å². The molecule has 5 nitrogen and oxygen atoms in total. The van der Waals surface area contributed by atoms with E-state index in [0.717, 1.165) is 11.4 Å². The molecule has 1 amide bonds. The highest BCUT2D eigenvalue weighted by atomic mass is 32.2. The number of fused-ring (bicyclic) bond motifs is 3. The first-order valence-corrected chi connectivity index (χ1v) is 9.82. The van der Waals surface area contributed by atoms with Gasteiger partial charge in [-0.05, 0) is 68.2 Å². The molecule has 0 saturated carbocycles. The molecule has 0 unspecified atom stereocenters. The Bertz CT molecular complexity index is 807. The third-order valence-electron chi connectivity index (χ3n) is 5.24. The van der Waals surface area contributed by atoms with Crippen LogP contribution in [0.4, 0.5) is 0 Å². The lowest BCUT2D eigenvalue weighted by Gasteiger charge is -2.44. The number of piperidine rings is 3. The van der Waals surface area contributed by atoms with E-state index in [9.17, 15) is 9.59 Å². The summed E-state index contributed by atoms with van der Waals surface area (Å²) >= 11 is 1.43. The minimum Gasteiger partial charge on any atom is -0.446 e. The van der Waals surface area contributed by atoms with Gasteiger partial charge in [-0.15, -0.1) is 0 Å². The number of ketones is 1. The van der Waals surface area contributed by atoms with Gasteiger partial charge in [-0.25, -0.2) is 0 Å². The average molecular weight is 370 g/mol. The Hall–Kier alpha value is -2.05. The maximum Gasteiger partial charge on any atom is 0.251 e. The second kappa shape index (κ2) is 7.29. The summed E-state index contributed by atoms with van der Waals surface area (Å²) in [7, 11) is 0. The van der Waals surface area contributed by atoms with Crippen molar-refractivity contribution >= 4 is 23.5 Å². The van der Waals surface area contributed by atoms with Crippen molar-refractivity contribution in [3.05, 3.63) is 47.7 Å². The summed E-state index contributed by atoms with van der Waals surface area (Å²) in [6.45, 7) is 4.79. The monoisotopic (exact) mass is 370 g/mol. The van der Waals surface area contributed by atoms with Crippen molar-refractivity contribution in [1.29, 1.82) is 0 Å². The first-order valence-electron chi connectivity index (χ1n) is 9.00. The number of hydrogen-bond acceptors (Lipinski definition) is 5. The standard InChI is InChI=1S/C20H22N2O3S/c1-13(23)18-6-7-19(25-18)26-16-4-2-15(3-5-16)20(24)21-17-12-22-10-8-14(17)9-11-22/h2-7,14,17H,8-12H2,1H3,(H,21,24)/t17-/m0/s1. The number of benzene rings is 1. The van der Waals surface area contributed by atoms with E-state index in [1.54, 1.807) is 12.1 Å². The molecule has 3 aliphatic heterocycles. The van der Waals surface area contributed by atoms with E-state index in [0.29, 0.717) is 22.3 Å². The lowest BCUT2D eigenvalue weighted by molar-refractivity contribution is 0.0620. The molecular weight excluding hydrogens is 348 g/mol. The number of hydrogen-bond donors (Lipinski definition) is 1. The molecule has 2 bridgehead atoms. The summed E-state index contributed by atoms with van der Waals surface area (Å²) in [5, 5.41) is 3.87. The molecule has 2 aromatic rings. The number of rotatable bonds is 5. The summed E-state index contributed by atoms with van der Waals surface area (Å²) in [4.78, 5) is 27.2. The van der Waals surface area contributed by atoms with Crippen LogP contribution in [0.1, 0.15) is 40.7 Å². The van der Waals surface area contributed by atoms with Gasteiger partial charge in [-0.1, -0.05) is 11.8 Å². The lowest BCUT2D eigenvalue weighted by atomic mass is 9.84. The molecule has 0 spiro atoms. The van der Waals surface area contributed by atoms with Gasteiger partial charge in [0.25, 0.3) is 5.91 Å². The van der Waals surface area contributed by atoms with Crippen LogP contribution in [0.3, 0.4) is 0 Å². The number of furan rings is 1. The third kappa shape index (κ3) is 3.71. The van der Waals surface area contributed by atoms with E-state index < -0.39 is 0 Å². The van der Waals surface area contributed by atoms with Gasteiger partial charge in [0.05, 0.1) is 0 Å². The van der Waals surface area contributed by atoms with Gasteiger partial charge in [0.2, 0.25) is 0 Å². The maximum atomic E-state index is 12.5. The molecule has 5 rings (SSSR count). The fourth-order valence-corrected chi connectivity index (χ4v) is 4.51. The van der Waals surface area contributed by atoms with Gasteiger partial charge < -0.3 is 14.6 Å². The van der Waals surface area contributed by atoms with Crippen molar-refractivity contribution in [2.75, 3.05) is 19.6 Å². The van der Waals surface area contributed by atoms with Gasteiger partial charge in [-0.2, -0.15) is 0 Å². The van der Waals surface area contributed by atoms with Crippen molar-refractivity contribution in [3.63, 3.8) is 0 Å². The molecule has 1 aromatic heterocycles. The highest BCUT2D eigenvalue weighted by molar-refractivity contribution is 7.99. The summed E-state index contributed by atoms with van der Waals surface area (Å²) in [5.74, 6) is 0.892. The predicted octanol–water partition coefficient (Wildman–Crippen LogP) is 3.46. The van der Waals surface area contributed by atoms with Crippen LogP contribution >= 0.6 is 11.8 Å². The zero-order valence-corrected chi connectivity index (χ0v) is 15.6. The fourth-order valence-electron chi connectivity index (χ4n) is 3.74. The molecule has 1 aromatic carbocycles. The summed E-state index contributed by atoms with van der Waals surface area (Å²) in [6, 6.07) is 11.2. The predicted molar refractivity (Wildman–Crippen MR) is 99.7 cm³/mol. The summed E-state index contributed by atoms with van der Waals surface area (Å²) in [6.07, 6.45) is 2.37. The van der Waals surface area contributed by atoms with Crippen molar-refractivity contribution in [2.24, 2.45) is 5.92 Å². The zero-order chi connectivity index (χ0) is 18.1. The van der Waals surface area contributed by atoms with Crippen molar-refractivity contribution < 1.29 is 14.0 Å². The molecule has 3 aliphatic rings. The van der Waals surface area contributed by atoms with E-state index in [1.165, 1.54) is 44.6 Å². The Morgan fingerprint density at radius 1 is 1.12 bits per heavy atom. The highest BCUT2D eigenvalue weighted by Gasteiger charge is 2.34. The molecule has 0 radical (unpaired) electrons. The lowest BCUT2D eigenvalue weighted by Crippen LogP contribution is -2.57. The normalized spacial score (nSPS) is 24.4. The Labute approximate surface area is 157 Å². The molecule has 6 heteroatoms. The molecule has 3 fully saturated rings. The number of amides is 1. The molecule has 26 heavy (non-hydrogen) atoms. The molecule has 1 N–H and O–H groups in total. The number of carbonyl (C=O) groups is 2. The minimum absolute atomic E-state index is 0.00263. The first kappa shape index (κ1) is 17.4. The fraction of sp³-hybridized carbons (Fsp3) is 0.400. The van der Waals surface area contributed by atoms with E-state index >= 15 is 0 Å². The third-order valence-corrected chi connectivity index (χ3v) is 6.16. The highest BCUT2D eigenvalue weighted by Crippen LogP contribution is 2.30. The topological polar surface area (TPSA) is 62.6 Å². The number of nitrogens with one attached hydrogen (secondary N) is 1. The van der Waals surface area contributed by atoms with Gasteiger partial charge in [0.1, 0.15) is 0 Å². The van der Waals surface area contributed by atoms with Crippen LogP contribution in [0, 0.1) is 5.92 Å². The van der Waals surface area contributed by atoms with E-state index in [1.807, 2.05) is 24.3 Å². The van der Waals surface area contributed by atoms with E-state index in [2.05, 4.69) is 10.2 Å². The van der Waals surface area contributed by atoms with Crippen molar-refractivity contribution in [3.8, 4) is 0 Å². The van der Waals surface area contributed by atoms with Gasteiger partial charge in [0, 0.05) is 30.0 Å². The molecular formula is C20H22N2O3S. The SMILES string of the molecule is CC(=O)c1ccc(Sc2ccc(C(=O)N[C@H]3CN4CCC3CC4)cc2)o1. The van der Waals surface area contributed by atoms with E-state index in [-0.39, 0.29) is 17.7 Å². The van der Waals surface area contributed by atoms with Crippen LogP contribution in [-0.2, 0) is 0 Å². The Kier molecular flexibility index (Phi) is 4.87. The minimum atomic E-state index is -0.0865. The molecule has 1 atom stereocenters. The molecule has 4 heterocycles. The average Bonchev–Trinajstić information content (AvgIpc) is 3.12. The molecule has 0 aliphatic carbocycles. The maximum absolute atomic E-state index is 12.5. The summed E-state index contributed by atoms with van der Waals surface area (Å²) < 4.78 is 5.48. The van der Waals surface area contributed by atoms with Crippen LogP contribution in [-0.4, -0.2) is 42.3 Å². The quantitative estimate of drug-likeness (QED) is 0.817. The Morgan fingerprint density at radius 2 is 1.85 bits per heavy atom. The van der Waals surface area contributed by atoms with Gasteiger partial charge >= 0.3 is 0 Å². The second-order valence-corrected chi connectivity index (χ2v) is 8.10. The Balaban J connectivity index is 1.37. The second-order valence-electron chi connectivity index (χ2n) is 7.02. The van der Waals surface area contributed by atoms with Crippen molar-refractivity contribution in [2.45, 2.75) is 35.8 Å². The molecule has 136 valence electrons. The smallest absolute Gasteiger partial charge is 0.251 e. The first-order chi connectivity index (χ1) is 12.6. The number of Topliss-reactive ketones (excluding diaryl/α,β-unsaturated/α-hetero) is 1. The van der Waals surface area contributed by atoms with Crippen molar-refractivity contribution in [1.82, 2.24) is 10.2 Å². The van der Waals surface area contributed by atoms with Crippen LogP contribution in [0.15, 0.2) is 50.8 Å². The Morgan fingerprint density at radius 3 is 2.42 bits per heavy atom. The summed E-state index contributed by atoms with van der Waals surface area (Å²) in [5.41, 5.74) is 0.676. The van der Waals surface area contributed by atoms with Gasteiger partial charge in [-0.3, -0.25) is 9.59 Å². The number of carbonyl (C=O) groups excluding carboxylic acids is 2. The largest absolute Gasteiger partial charge is 0.446 e. The van der Waals surface area contributed by atoms with Crippen LogP contribution in [0.2, 0.25) is 0 Å². The zero-order valence-electron chi connectivity index (χ0n) is 14.7. The van der Waals surface area contributed by atoms with Crippen LogP contribution < -0.4 is 5.32 Å². The van der Waals surface area contributed by atoms with Crippen LogP contribution in [0.5, 0.6) is 0 Å². The van der Waals surface area contributed by atoms with E-state index in [4.69, 9.17) is 4.42 Å². The number of nitrogens with zero attached hydrogens (tertiary/aromatic N) is 1. The molecule has 3 saturated heterocycles. The van der Waals surface area contributed by atoms with Gasteiger partial charge in [0.15, 0.2) is 16.6 Å².